The fourth-order valence-electron chi connectivity index (χ4n) is 1.86. The Morgan fingerprint density at radius 2 is 2.25 bits per heavy atom. The van der Waals surface area contributed by atoms with Crippen molar-refractivity contribution in [3.63, 3.8) is 0 Å². The molecule has 1 atom stereocenters. The van der Waals surface area contributed by atoms with E-state index in [9.17, 15) is 8.42 Å². The average molecular weight is 262 g/mol. The highest BCUT2D eigenvalue weighted by atomic mass is 35.5. The normalized spacial score (nSPS) is 23.4. The highest BCUT2D eigenvalue weighted by Gasteiger charge is 2.28. The molecule has 2 rings (SSSR count). The van der Waals surface area contributed by atoms with Gasteiger partial charge in [-0.2, -0.15) is 5.10 Å². The monoisotopic (exact) mass is 261 g/mol. The molecule has 16 heavy (non-hydrogen) atoms. The minimum atomic E-state index is -2.84. The third-order valence-electron chi connectivity index (χ3n) is 2.65. The molecule has 2 N–H and O–H groups in total. The summed E-state index contributed by atoms with van der Waals surface area (Å²) < 4.78 is 22.5. The second-order valence-corrected chi connectivity index (χ2v) is 6.64. The second-order valence-electron chi connectivity index (χ2n) is 4.06. The molecule has 1 aliphatic heterocycles. The predicted molar refractivity (Wildman–Crippen MR) is 61.9 cm³/mol. The second kappa shape index (κ2) is 4.18. The van der Waals surface area contributed by atoms with E-state index in [1.807, 2.05) is 0 Å². The van der Waals surface area contributed by atoms with Gasteiger partial charge in [-0.3, -0.25) is 0 Å². The van der Waals surface area contributed by atoms with Gasteiger partial charge in [-0.25, -0.2) is 8.42 Å². The Morgan fingerprint density at radius 1 is 1.50 bits per heavy atom. The summed E-state index contributed by atoms with van der Waals surface area (Å²) in [5.41, 5.74) is 6.68. The van der Waals surface area contributed by atoms with E-state index in [0.717, 1.165) is 0 Å². The number of nitrogens with zero attached hydrogens (tertiary/aromatic N) is 2. The van der Waals surface area contributed by atoms with Gasteiger partial charge >= 0.3 is 0 Å². The fourth-order valence-corrected chi connectivity index (χ4v) is 3.82. The van der Waals surface area contributed by atoms with Crippen LogP contribution in [0.5, 0.6) is 0 Å². The first-order valence-corrected chi connectivity index (χ1v) is 7.14. The van der Waals surface area contributed by atoms with E-state index in [4.69, 9.17) is 17.3 Å². The molecule has 0 radical (unpaired) electrons. The Morgan fingerprint density at radius 3 is 2.81 bits per heavy atom. The van der Waals surface area contributed by atoms with Crippen LogP contribution in [-0.4, -0.2) is 30.1 Å². The van der Waals surface area contributed by atoms with Crippen molar-refractivity contribution >= 4 is 27.1 Å². The van der Waals surface area contributed by atoms with Gasteiger partial charge in [0.1, 0.15) is 0 Å². The minimum absolute atomic E-state index is 0.125. The van der Waals surface area contributed by atoms with Crippen LogP contribution < -0.4 is 5.73 Å². The molecule has 5 nitrogen and oxygen atoms in total. The van der Waals surface area contributed by atoms with Crippen LogP contribution in [0.25, 0.3) is 0 Å². The maximum absolute atomic E-state index is 11.3. The van der Waals surface area contributed by atoms with Crippen LogP contribution in [0.4, 0.5) is 5.69 Å². The van der Waals surface area contributed by atoms with Crippen molar-refractivity contribution in [2.45, 2.75) is 12.8 Å². The Bertz CT molecular complexity index is 503. The molecule has 1 aromatic rings. The van der Waals surface area contributed by atoms with E-state index < -0.39 is 9.84 Å². The lowest BCUT2D eigenvalue weighted by Crippen LogP contribution is -2.09. The first-order chi connectivity index (χ1) is 7.46. The lowest BCUT2D eigenvalue weighted by molar-refractivity contribution is 0.574. The minimum Gasteiger partial charge on any atom is -0.396 e. The lowest BCUT2D eigenvalue weighted by Gasteiger charge is -2.06. The molecule has 88 valence electrons. The molecule has 0 spiro atoms. The van der Waals surface area contributed by atoms with Gasteiger partial charge in [-0.1, -0.05) is 11.6 Å². The van der Waals surface area contributed by atoms with Gasteiger partial charge in [0, 0.05) is 0 Å². The van der Waals surface area contributed by atoms with Crippen LogP contribution in [0.1, 0.15) is 12.1 Å². The van der Waals surface area contributed by atoms with E-state index in [1.165, 1.54) is 0 Å². The lowest BCUT2D eigenvalue weighted by atomic mass is 10.0. The molecule has 0 saturated carbocycles. The van der Waals surface area contributed by atoms with Crippen LogP contribution in [0, 0.1) is 5.92 Å². The van der Waals surface area contributed by atoms with Crippen molar-refractivity contribution in [1.82, 2.24) is 10.2 Å². The van der Waals surface area contributed by atoms with Crippen LogP contribution >= 0.6 is 11.6 Å². The average Bonchev–Trinajstić information content (AvgIpc) is 2.52. The van der Waals surface area contributed by atoms with Crippen LogP contribution in [0.3, 0.4) is 0 Å². The van der Waals surface area contributed by atoms with Crippen molar-refractivity contribution in [3.05, 3.63) is 16.9 Å². The molecule has 1 fully saturated rings. The molecule has 2 heterocycles. The third-order valence-corrected chi connectivity index (χ3v) is 4.78. The fraction of sp³-hybridized carbons (Fsp3) is 0.556. The summed E-state index contributed by atoms with van der Waals surface area (Å²) in [5, 5.41) is 7.77. The van der Waals surface area contributed by atoms with E-state index in [-0.39, 0.29) is 22.6 Å². The first kappa shape index (κ1) is 11.6. The SMILES string of the molecule is Nc1cc(CC2CCS(=O)(=O)C2)nnc1Cl. The van der Waals surface area contributed by atoms with E-state index in [1.54, 1.807) is 6.07 Å². The maximum Gasteiger partial charge on any atom is 0.174 e. The molecule has 1 aromatic heterocycles. The molecule has 0 amide bonds. The number of nitrogens with two attached hydrogens (primary N) is 1. The van der Waals surface area contributed by atoms with Crippen molar-refractivity contribution in [2.75, 3.05) is 17.2 Å². The molecule has 0 aliphatic carbocycles. The zero-order valence-corrected chi connectivity index (χ0v) is 10.1. The molecular formula is C9H12ClN3O2S. The van der Waals surface area contributed by atoms with E-state index in [2.05, 4.69) is 10.2 Å². The Kier molecular flexibility index (Phi) is 3.03. The maximum atomic E-state index is 11.3. The largest absolute Gasteiger partial charge is 0.396 e. The number of nitrogen functional groups attached to an aromatic ring is 1. The van der Waals surface area contributed by atoms with Gasteiger partial charge in [0.25, 0.3) is 0 Å². The summed E-state index contributed by atoms with van der Waals surface area (Å²) in [6, 6.07) is 1.65. The van der Waals surface area contributed by atoms with Crippen LogP contribution in [0.2, 0.25) is 5.15 Å². The van der Waals surface area contributed by atoms with Gasteiger partial charge in [-0.05, 0) is 24.8 Å². The topological polar surface area (TPSA) is 85.9 Å². The highest BCUT2D eigenvalue weighted by molar-refractivity contribution is 7.91. The number of aromatic nitrogens is 2. The summed E-state index contributed by atoms with van der Waals surface area (Å²) in [6.07, 6.45) is 1.28. The van der Waals surface area contributed by atoms with Crippen LogP contribution in [0.15, 0.2) is 6.07 Å². The third kappa shape index (κ3) is 2.62. The van der Waals surface area contributed by atoms with Crippen molar-refractivity contribution < 1.29 is 8.42 Å². The first-order valence-electron chi connectivity index (χ1n) is 4.94. The quantitative estimate of drug-likeness (QED) is 0.846. The number of anilines is 1. The molecule has 0 bridgehead atoms. The zero-order chi connectivity index (χ0) is 11.8. The zero-order valence-electron chi connectivity index (χ0n) is 8.56. The molecule has 1 saturated heterocycles. The van der Waals surface area contributed by atoms with Gasteiger partial charge in [0.15, 0.2) is 15.0 Å². The number of hydrogen-bond donors (Lipinski definition) is 1. The van der Waals surface area contributed by atoms with E-state index >= 15 is 0 Å². The summed E-state index contributed by atoms with van der Waals surface area (Å²) >= 11 is 5.65. The molecular weight excluding hydrogens is 250 g/mol. The van der Waals surface area contributed by atoms with Crippen molar-refractivity contribution in [1.29, 1.82) is 0 Å². The molecule has 7 heteroatoms. The summed E-state index contributed by atoms with van der Waals surface area (Å²) in [5.74, 6) is 0.630. The molecule has 0 aromatic carbocycles. The number of sulfone groups is 1. The number of halogens is 1. The summed E-state index contributed by atoms with van der Waals surface area (Å²) in [6.45, 7) is 0. The van der Waals surface area contributed by atoms with Gasteiger partial charge in [-0.15, -0.1) is 5.10 Å². The van der Waals surface area contributed by atoms with Crippen molar-refractivity contribution in [3.8, 4) is 0 Å². The molecule has 1 unspecified atom stereocenters. The Balaban J connectivity index is 2.08. The smallest absolute Gasteiger partial charge is 0.174 e. The summed E-state index contributed by atoms with van der Waals surface area (Å²) in [7, 11) is -2.84. The number of rotatable bonds is 2. The predicted octanol–water partition coefficient (Wildman–Crippen LogP) is 0.689. The van der Waals surface area contributed by atoms with Gasteiger partial charge in [0.05, 0.1) is 22.9 Å². The van der Waals surface area contributed by atoms with Gasteiger partial charge < -0.3 is 5.73 Å². The van der Waals surface area contributed by atoms with Crippen LogP contribution in [-0.2, 0) is 16.3 Å². The van der Waals surface area contributed by atoms with Gasteiger partial charge in [0.2, 0.25) is 0 Å². The van der Waals surface area contributed by atoms with E-state index in [0.29, 0.717) is 24.2 Å². The molecule has 1 aliphatic rings. The summed E-state index contributed by atoms with van der Waals surface area (Å²) in [4.78, 5) is 0. The highest BCUT2D eigenvalue weighted by Crippen LogP contribution is 2.23. The van der Waals surface area contributed by atoms with Crippen molar-refractivity contribution in [2.24, 2.45) is 5.92 Å². The Hall–Kier alpha value is -0.880. The standard InChI is InChI=1S/C9H12ClN3O2S/c10-9-8(11)4-7(12-13-9)3-6-1-2-16(14,15)5-6/h4,6H,1-3,5H2,(H2,11,12). The number of hydrogen-bond acceptors (Lipinski definition) is 5. The Labute approximate surface area is 98.9 Å².